The summed E-state index contributed by atoms with van der Waals surface area (Å²) in [6.45, 7) is 3.94. The van der Waals surface area contributed by atoms with Gasteiger partial charge in [-0.25, -0.2) is 4.98 Å². The van der Waals surface area contributed by atoms with Crippen LogP contribution >= 0.6 is 15.9 Å². The van der Waals surface area contributed by atoms with Crippen molar-refractivity contribution < 1.29 is 9.15 Å². The number of oxazole rings is 1. The molecule has 0 spiro atoms. The Balaban J connectivity index is 2.13. The van der Waals surface area contributed by atoms with E-state index in [4.69, 9.17) is 14.4 Å². The first kappa shape index (κ1) is 12.7. The fraction of sp³-hybridized carbons (Fsp3) is 0.231. The van der Waals surface area contributed by atoms with Crippen LogP contribution in [0.1, 0.15) is 22.9 Å². The van der Waals surface area contributed by atoms with Crippen LogP contribution in [0.5, 0.6) is 5.75 Å². The molecule has 0 aliphatic carbocycles. The minimum Gasteiger partial charge on any atom is -0.482 e. The van der Waals surface area contributed by atoms with Crippen molar-refractivity contribution in [3.63, 3.8) is 0 Å². The highest BCUT2D eigenvalue weighted by atomic mass is 79.9. The van der Waals surface area contributed by atoms with Crippen molar-refractivity contribution in [2.24, 2.45) is 0 Å². The lowest BCUT2D eigenvalue weighted by atomic mass is 10.2. The van der Waals surface area contributed by atoms with Gasteiger partial charge in [0, 0.05) is 4.47 Å². The molecule has 0 aliphatic heterocycles. The second kappa shape index (κ2) is 5.23. The van der Waals surface area contributed by atoms with Crippen molar-refractivity contribution in [3.05, 3.63) is 45.6 Å². The van der Waals surface area contributed by atoms with E-state index in [9.17, 15) is 0 Å². The van der Waals surface area contributed by atoms with Gasteiger partial charge in [-0.3, -0.25) is 0 Å². The van der Waals surface area contributed by atoms with Gasteiger partial charge in [0.05, 0.1) is 11.3 Å². The Bertz CT molecular complexity index is 594. The van der Waals surface area contributed by atoms with Gasteiger partial charge in [0.1, 0.15) is 17.6 Å². The summed E-state index contributed by atoms with van der Waals surface area (Å²) in [5.41, 5.74) is 1.33. The summed E-state index contributed by atoms with van der Waals surface area (Å²) in [6, 6.07) is 7.36. The lowest BCUT2D eigenvalue weighted by molar-refractivity contribution is 0.260. The summed E-state index contributed by atoms with van der Waals surface area (Å²) in [6.07, 6.45) is 0. The minimum atomic E-state index is 0.213. The summed E-state index contributed by atoms with van der Waals surface area (Å²) in [4.78, 5) is 4.21. The number of rotatable bonds is 3. The molecule has 0 radical (unpaired) electrons. The van der Waals surface area contributed by atoms with Gasteiger partial charge in [0.2, 0.25) is 5.89 Å². The summed E-state index contributed by atoms with van der Waals surface area (Å²) in [5, 5.41) is 9.00. The molecule has 0 amide bonds. The maximum Gasteiger partial charge on any atom is 0.232 e. The van der Waals surface area contributed by atoms with E-state index >= 15 is 0 Å². The van der Waals surface area contributed by atoms with Crippen molar-refractivity contribution in [2.75, 3.05) is 0 Å². The summed E-state index contributed by atoms with van der Waals surface area (Å²) >= 11 is 3.31. The van der Waals surface area contributed by atoms with Gasteiger partial charge in [-0.15, -0.1) is 0 Å². The predicted octanol–water partition coefficient (Wildman–Crippen LogP) is 3.50. The molecule has 0 N–H and O–H groups in total. The summed E-state index contributed by atoms with van der Waals surface area (Å²) in [5.74, 6) is 1.82. The monoisotopic (exact) mass is 306 g/mol. The molecule has 1 aromatic heterocycles. The normalized spacial score (nSPS) is 10.1. The first-order valence-electron chi connectivity index (χ1n) is 5.35. The Labute approximate surface area is 113 Å². The summed E-state index contributed by atoms with van der Waals surface area (Å²) < 4.78 is 11.8. The zero-order chi connectivity index (χ0) is 13.1. The van der Waals surface area contributed by atoms with Crippen LogP contribution in [0.15, 0.2) is 27.1 Å². The zero-order valence-electron chi connectivity index (χ0n) is 10.0. The van der Waals surface area contributed by atoms with E-state index in [0.29, 0.717) is 17.2 Å². The molecule has 5 heteroatoms. The number of halogens is 1. The van der Waals surface area contributed by atoms with Crippen LogP contribution in [0, 0.1) is 25.2 Å². The minimum absolute atomic E-state index is 0.213. The Hall–Kier alpha value is -1.80. The number of aryl methyl sites for hydroxylation is 2. The molecule has 2 rings (SSSR count). The van der Waals surface area contributed by atoms with Gasteiger partial charge in [0.15, 0.2) is 6.61 Å². The van der Waals surface area contributed by atoms with E-state index in [2.05, 4.69) is 27.0 Å². The third-order valence-corrected chi connectivity index (χ3v) is 2.98. The molecular weight excluding hydrogens is 296 g/mol. The molecule has 0 unspecified atom stereocenters. The van der Waals surface area contributed by atoms with Crippen molar-refractivity contribution in [1.82, 2.24) is 4.98 Å². The average molecular weight is 307 g/mol. The maximum absolute atomic E-state index is 9.00. The van der Waals surface area contributed by atoms with Gasteiger partial charge in [-0.05, 0) is 32.0 Å². The molecular formula is C13H11BrN2O2. The van der Waals surface area contributed by atoms with E-state index in [-0.39, 0.29) is 6.61 Å². The van der Waals surface area contributed by atoms with Crippen molar-refractivity contribution in [2.45, 2.75) is 20.5 Å². The number of nitriles is 1. The van der Waals surface area contributed by atoms with E-state index in [1.54, 1.807) is 12.1 Å². The molecule has 0 bridgehead atoms. The molecule has 0 saturated carbocycles. The number of aromatic nitrogens is 1. The molecule has 4 nitrogen and oxygen atoms in total. The van der Waals surface area contributed by atoms with Crippen LogP contribution in [-0.2, 0) is 6.61 Å². The summed E-state index contributed by atoms with van der Waals surface area (Å²) in [7, 11) is 0. The Morgan fingerprint density at radius 1 is 1.44 bits per heavy atom. The number of hydrogen-bond acceptors (Lipinski definition) is 4. The van der Waals surface area contributed by atoms with Crippen molar-refractivity contribution in [1.29, 1.82) is 5.26 Å². The molecule has 2 aromatic rings. The van der Waals surface area contributed by atoms with E-state index in [0.717, 1.165) is 15.9 Å². The van der Waals surface area contributed by atoms with Crippen LogP contribution in [-0.4, -0.2) is 4.98 Å². The molecule has 0 atom stereocenters. The highest BCUT2D eigenvalue weighted by Crippen LogP contribution is 2.23. The van der Waals surface area contributed by atoms with E-state index in [1.807, 2.05) is 19.9 Å². The molecule has 1 aromatic carbocycles. The fourth-order valence-corrected chi connectivity index (χ4v) is 1.82. The van der Waals surface area contributed by atoms with Crippen molar-refractivity contribution >= 4 is 15.9 Å². The molecule has 1 heterocycles. The third kappa shape index (κ3) is 2.71. The third-order valence-electron chi connectivity index (χ3n) is 2.49. The first-order chi connectivity index (χ1) is 8.60. The quantitative estimate of drug-likeness (QED) is 0.870. The number of benzene rings is 1. The lowest BCUT2D eigenvalue weighted by Gasteiger charge is -2.05. The van der Waals surface area contributed by atoms with E-state index in [1.165, 1.54) is 0 Å². The molecule has 92 valence electrons. The largest absolute Gasteiger partial charge is 0.482 e. The second-order valence-corrected chi connectivity index (χ2v) is 4.71. The van der Waals surface area contributed by atoms with Crippen LogP contribution in [0.3, 0.4) is 0 Å². The van der Waals surface area contributed by atoms with Crippen molar-refractivity contribution in [3.8, 4) is 11.8 Å². The Kier molecular flexibility index (Phi) is 3.68. The van der Waals surface area contributed by atoms with E-state index < -0.39 is 0 Å². The van der Waals surface area contributed by atoms with Crippen LogP contribution in [0.4, 0.5) is 0 Å². The highest BCUT2D eigenvalue weighted by Gasteiger charge is 2.08. The average Bonchev–Trinajstić information content (AvgIpc) is 2.67. The lowest BCUT2D eigenvalue weighted by Crippen LogP contribution is -1.97. The van der Waals surface area contributed by atoms with Gasteiger partial charge in [-0.2, -0.15) is 5.26 Å². The standard InChI is InChI=1S/C13H11BrN2O2/c1-8-9(2)18-13(16-8)7-17-12-4-3-11(14)5-10(12)6-15/h3-5H,7H2,1-2H3. The smallest absolute Gasteiger partial charge is 0.232 e. The van der Waals surface area contributed by atoms with Gasteiger partial charge in [-0.1, -0.05) is 15.9 Å². The fourth-order valence-electron chi connectivity index (χ4n) is 1.46. The molecule has 0 saturated heterocycles. The van der Waals surface area contributed by atoms with Gasteiger partial charge in [0.25, 0.3) is 0 Å². The molecule has 18 heavy (non-hydrogen) atoms. The SMILES string of the molecule is Cc1nc(COc2ccc(Br)cc2C#N)oc1C. The Morgan fingerprint density at radius 2 is 2.22 bits per heavy atom. The molecule has 0 aliphatic rings. The number of hydrogen-bond donors (Lipinski definition) is 0. The predicted molar refractivity (Wildman–Crippen MR) is 69.2 cm³/mol. The zero-order valence-corrected chi connectivity index (χ0v) is 11.6. The van der Waals surface area contributed by atoms with Crippen LogP contribution < -0.4 is 4.74 Å². The topological polar surface area (TPSA) is 59.0 Å². The van der Waals surface area contributed by atoms with Crippen LogP contribution in [0.25, 0.3) is 0 Å². The Morgan fingerprint density at radius 3 is 2.83 bits per heavy atom. The second-order valence-electron chi connectivity index (χ2n) is 3.79. The number of nitrogens with zero attached hydrogens (tertiary/aromatic N) is 2. The highest BCUT2D eigenvalue weighted by molar-refractivity contribution is 9.10. The molecule has 0 fully saturated rings. The number of ether oxygens (including phenoxy) is 1. The van der Waals surface area contributed by atoms with Gasteiger partial charge < -0.3 is 9.15 Å². The van der Waals surface area contributed by atoms with Crippen LogP contribution in [0.2, 0.25) is 0 Å². The maximum atomic E-state index is 9.00. The first-order valence-corrected chi connectivity index (χ1v) is 6.15. The van der Waals surface area contributed by atoms with Gasteiger partial charge >= 0.3 is 0 Å².